The Hall–Kier alpha value is -0.330. The molecule has 4 bridgehead atoms. The van der Waals surface area contributed by atoms with E-state index in [1.54, 1.807) is 0 Å². The van der Waals surface area contributed by atoms with Crippen molar-refractivity contribution >= 4 is 5.78 Å². The van der Waals surface area contributed by atoms with Crippen LogP contribution in [0, 0.1) is 29.6 Å². The molecule has 0 aromatic heterocycles. The monoisotopic (exact) mass is 248 g/mol. The van der Waals surface area contributed by atoms with Crippen molar-refractivity contribution in [3.05, 3.63) is 0 Å². The highest BCUT2D eigenvalue weighted by Crippen LogP contribution is 2.52. The SMILES string of the molecule is CCCCCCC1C(=O)C2C[C@@H]3CC1C[C@H](C2)C3. The fourth-order valence-corrected chi connectivity index (χ4v) is 5.17. The van der Waals surface area contributed by atoms with Crippen molar-refractivity contribution < 1.29 is 4.79 Å². The zero-order chi connectivity index (χ0) is 12.5. The van der Waals surface area contributed by atoms with E-state index in [4.69, 9.17) is 0 Å². The third-order valence-electron chi connectivity index (χ3n) is 5.88. The minimum Gasteiger partial charge on any atom is -0.299 e. The number of ketones is 1. The van der Waals surface area contributed by atoms with Gasteiger partial charge in [0, 0.05) is 11.8 Å². The number of unbranched alkanes of at least 4 members (excludes halogenated alkanes) is 3. The lowest BCUT2D eigenvalue weighted by Crippen LogP contribution is -2.28. The number of carbonyl (C=O) groups is 1. The van der Waals surface area contributed by atoms with Crippen LogP contribution in [0.25, 0.3) is 0 Å². The van der Waals surface area contributed by atoms with Gasteiger partial charge >= 0.3 is 0 Å². The smallest absolute Gasteiger partial charge is 0.139 e. The summed E-state index contributed by atoms with van der Waals surface area (Å²) in [7, 11) is 0. The molecule has 0 saturated heterocycles. The molecule has 3 unspecified atom stereocenters. The molecule has 4 aliphatic rings. The average molecular weight is 248 g/mol. The van der Waals surface area contributed by atoms with Crippen molar-refractivity contribution in [3.8, 4) is 0 Å². The van der Waals surface area contributed by atoms with Gasteiger partial charge in [-0.2, -0.15) is 0 Å². The third-order valence-corrected chi connectivity index (χ3v) is 5.88. The molecule has 1 heteroatoms. The van der Waals surface area contributed by atoms with E-state index in [-0.39, 0.29) is 0 Å². The van der Waals surface area contributed by atoms with Crippen molar-refractivity contribution in [2.75, 3.05) is 0 Å². The molecule has 102 valence electrons. The number of fused-ring (bicyclic) bond motifs is 1. The zero-order valence-electron chi connectivity index (χ0n) is 11.9. The van der Waals surface area contributed by atoms with Gasteiger partial charge < -0.3 is 0 Å². The van der Waals surface area contributed by atoms with E-state index in [1.807, 2.05) is 0 Å². The molecule has 0 aromatic rings. The van der Waals surface area contributed by atoms with Crippen molar-refractivity contribution in [3.63, 3.8) is 0 Å². The highest BCUT2D eigenvalue weighted by atomic mass is 16.1. The van der Waals surface area contributed by atoms with Gasteiger partial charge in [0.05, 0.1) is 0 Å². The Morgan fingerprint density at radius 3 is 2.33 bits per heavy atom. The summed E-state index contributed by atoms with van der Waals surface area (Å²) in [6.45, 7) is 2.26. The van der Waals surface area contributed by atoms with Crippen LogP contribution in [0.3, 0.4) is 0 Å². The van der Waals surface area contributed by atoms with Crippen LogP contribution in [-0.4, -0.2) is 5.78 Å². The molecule has 0 aromatic carbocycles. The molecule has 1 nitrogen and oxygen atoms in total. The molecule has 0 amide bonds. The maximum absolute atomic E-state index is 12.7. The first-order valence-electron chi connectivity index (χ1n) is 8.31. The average Bonchev–Trinajstić information content (AvgIpc) is 2.49. The van der Waals surface area contributed by atoms with Crippen LogP contribution in [-0.2, 0) is 4.79 Å². The lowest BCUT2D eigenvalue weighted by molar-refractivity contribution is -0.127. The van der Waals surface area contributed by atoms with Gasteiger partial charge in [0.15, 0.2) is 0 Å². The molecule has 0 N–H and O–H groups in total. The summed E-state index contributed by atoms with van der Waals surface area (Å²) in [6, 6.07) is 0. The van der Waals surface area contributed by atoms with Crippen molar-refractivity contribution in [1.29, 1.82) is 0 Å². The van der Waals surface area contributed by atoms with E-state index in [0.29, 0.717) is 17.6 Å². The minimum atomic E-state index is 0.460. The summed E-state index contributed by atoms with van der Waals surface area (Å²) in [5.41, 5.74) is 0. The van der Waals surface area contributed by atoms with Crippen LogP contribution < -0.4 is 0 Å². The third kappa shape index (κ3) is 2.38. The van der Waals surface area contributed by atoms with E-state index in [0.717, 1.165) is 17.8 Å². The first kappa shape index (κ1) is 12.7. The second kappa shape index (κ2) is 5.35. The highest BCUT2D eigenvalue weighted by Gasteiger charge is 2.47. The van der Waals surface area contributed by atoms with Crippen LogP contribution in [0.15, 0.2) is 0 Å². The van der Waals surface area contributed by atoms with Crippen LogP contribution in [0.1, 0.15) is 71.1 Å². The summed E-state index contributed by atoms with van der Waals surface area (Å²) in [5, 5.41) is 0. The number of carbonyl (C=O) groups excluding carboxylic acids is 1. The summed E-state index contributed by atoms with van der Waals surface area (Å²) >= 11 is 0. The van der Waals surface area contributed by atoms with E-state index in [2.05, 4.69) is 6.92 Å². The Labute approximate surface area is 112 Å². The quantitative estimate of drug-likeness (QED) is 0.650. The second-order valence-corrected chi connectivity index (χ2v) is 7.23. The molecular weight excluding hydrogens is 220 g/mol. The summed E-state index contributed by atoms with van der Waals surface area (Å²) in [4.78, 5) is 12.7. The first-order valence-corrected chi connectivity index (χ1v) is 8.31. The Bertz CT molecular complexity index is 295. The summed E-state index contributed by atoms with van der Waals surface area (Å²) in [6.07, 6.45) is 13.2. The molecule has 0 spiro atoms. The molecule has 0 aliphatic heterocycles. The molecule has 4 saturated carbocycles. The summed E-state index contributed by atoms with van der Waals surface area (Å²) in [5.74, 6) is 4.21. The maximum Gasteiger partial charge on any atom is 0.139 e. The predicted octanol–water partition coefficient (Wildman–Crippen LogP) is 4.60. The molecule has 0 heterocycles. The van der Waals surface area contributed by atoms with Crippen molar-refractivity contribution in [2.24, 2.45) is 29.6 Å². The second-order valence-electron chi connectivity index (χ2n) is 7.23. The highest BCUT2D eigenvalue weighted by molar-refractivity contribution is 5.84. The number of Topliss-reactive ketones (excluding diaryl/α,β-unsaturated/α-hetero) is 1. The maximum atomic E-state index is 12.7. The molecule has 18 heavy (non-hydrogen) atoms. The van der Waals surface area contributed by atoms with Gasteiger partial charge in [-0.05, 0) is 56.3 Å². The van der Waals surface area contributed by atoms with Crippen molar-refractivity contribution in [2.45, 2.75) is 71.1 Å². The minimum absolute atomic E-state index is 0.460. The van der Waals surface area contributed by atoms with Gasteiger partial charge in [0.25, 0.3) is 0 Å². The van der Waals surface area contributed by atoms with Gasteiger partial charge in [0.1, 0.15) is 5.78 Å². The molecule has 4 rings (SSSR count). The van der Waals surface area contributed by atoms with E-state index in [9.17, 15) is 4.79 Å². The molecular formula is C17H28O. The fraction of sp³-hybridized carbons (Fsp3) is 0.941. The van der Waals surface area contributed by atoms with E-state index >= 15 is 0 Å². The topological polar surface area (TPSA) is 17.1 Å². The first-order chi connectivity index (χ1) is 8.78. The molecule has 0 radical (unpaired) electrons. The van der Waals surface area contributed by atoms with Crippen molar-refractivity contribution in [1.82, 2.24) is 0 Å². The number of rotatable bonds is 5. The van der Waals surface area contributed by atoms with Gasteiger partial charge in [-0.15, -0.1) is 0 Å². The van der Waals surface area contributed by atoms with Gasteiger partial charge in [-0.25, -0.2) is 0 Å². The Morgan fingerprint density at radius 2 is 1.67 bits per heavy atom. The molecule has 4 fully saturated rings. The Kier molecular flexibility index (Phi) is 3.77. The fourth-order valence-electron chi connectivity index (χ4n) is 5.17. The van der Waals surface area contributed by atoms with Crippen LogP contribution in [0.5, 0.6) is 0 Å². The normalized spacial score (nSPS) is 42.3. The van der Waals surface area contributed by atoms with Gasteiger partial charge in [-0.1, -0.05) is 32.6 Å². The standard InChI is InChI=1S/C17H28O/c1-2-3-4-5-6-16-14-8-12-7-13(9-14)11-15(10-12)17(16)18/h12-16H,2-11H2,1H3/t12-,13+,14?,15?,16?. The summed E-state index contributed by atoms with van der Waals surface area (Å²) < 4.78 is 0. The Morgan fingerprint density at radius 1 is 0.944 bits per heavy atom. The van der Waals surface area contributed by atoms with Crippen LogP contribution in [0.2, 0.25) is 0 Å². The van der Waals surface area contributed by atoms with E-state index < -0.39 is 0 Å². The zero-order valence-corrected chi connectivity index (χ0v) is 11.9. The molecule has 5 atom stereocenters. The largest absolute Gasteiger partial charge is 0.299 e. The Balaban J connectivity index is 1.64. The van der Waals surface area contributed by atoms with Gasteiger partial charge in [-0.3, -0.25) is 4.79 Å². The van der Waals surface area contributed by atoms with Crippen LogP contribution >= 0.6 is 0 Å². The number of hydrogen-bond donors (Lipinski definition) is 0. The van der Waals surface area contributed by atoms with Crippen LogP contribution in [0.4, 0.5) is 0 Å². The van der Waals surface area contributed by atoms with Gasteiger partial charge in [0.2, 0.25) is 0 Å². The lowest BCUT2D eigenvalue weighted by Gasteiger charge is -2.38. The molecule has 4 aliphatic carbocycles. The lowest BCUT2D eigenvalue weighted by atomic mass is 9.67. The van der Waals surface area contributed by atoms with E-state index in [1.165, 1.54) is 64.2 Å². The number of hydrogen-bond acceptors (Lipinski definition) is 1. The predicted molar refractivity (Wildman–Crippen MR) is 74.3 cm³/mol.